The van der Waals surface area contributed by atoms with Crippen LogP contribution in [0.15, 0.2) is 0 Å². The standard InChI is InChI=1S/C11H19Cl2IO2/c1-7-3-9(4-8(2)15-7)16-11(6-13)10(14)5-12/h7-11H,3-6H2,1-2H3. The van der Waals surface area contributed by atoms with Crippen molar-refractivity contribution in [3.8, 4) is 0 Å². The Labute approximate surface area is 121 Å². The fourth-order valence-corrected chi connectivity index (χ4v) is 3.23. The van der Waals surface area contributed by atoms with Crippen molar-refractivity contribution in [2.75, 3.05) is 11.8 Å². The molecule has 1 aliphatic rings. The van der Waals surface area contributed by atoms with Gasteiger partial charge in [0.1, 0.15) is 0 Å². The van der Waals surface area contributed by atoms with Crippen LogP contribution in [0.3, 0.4) is 0 Å². The van der Waals surface area contributed by atoms with Crippen LogP contribution in [0.4, 0.5) is 0 Å². The average molecular weight is 381 g/mol. The van der Waals surface area contributed by atoms with Crippen molar-refractivity contribution in [3.05, 3.63) is 0 Å². The number of alkyl halides is 3. The molecule has 0 amide bonds. The van der Waals surface area contributed by atoms with E-state index >= 15 is 0 Å². The van der Waals surface area contributed by atoms with Crippen LogP contribution in [0.2, 0.25) is 0 Å². The Morgan fingerprint density at radius 1 is 1.25 bits per heavy atom. The van der Waals surface area contributed by atoms with Crippen molar-refractivity contribution >= 4 is 45.8 Å². The van der Waals surface area contributed by atoms with E-state index in [-0.39, 0.29) is 28.3 Å². The van der Waals surface area contributed by atoms with Gasteiger partial charge in [0.05, 0.1) is 28.3 Å². The van der Waals surface area contributed by atoms with E-state index in [0.717, 1.165) is 12.8 Å². The topological polar surface area (TPSA) is 18.5 Å². The van der Waals surface area contributed by atoms with Gasteiger partial charge in [-0.15, -0.1) is 23.2 Å². The van der Waals surface area contributed by atoms with Gasteiger partial charge in [0.15, 0.2) is 0 Å². The zero-order valence-corrected chi connectivity index (χ0v) is 13.3. The van der Waals surface area contributed by atoms with E-state index in [1.54, 1.807) is 0 Å². The van der Waals surface area contributed by atoms with Gasteiger partial charge in [-0.1, -0.05) is 22.6 Å². The van der Waals surface area contributed by atoms with Gasteiger partial charge in [-0.25, -0.2) is 0 Å². The highest BCUT2D eigenvalue weighted by molar-refractivity contribution is 14.1. The Morgan fingerprint density at radius 2 is 1.81 bits per heavy atom. The molecule has 5 heteroatoms. The predicted molar refractivity (Wildman–Crippen MR) is 77.2 cm³/mol. The van der Waals surface area contributed by atoms with Gasteiger partial charge < -0.3 is 9.47 Å². The third kappa shape index (κ3) is 4.84. The number of rotatable bonds is 5. The summed E-state index contributed by atoms with van der Waals surface area (Å²) in [6.45, 7) is 4.18. The van der Waals surface area contributed by atoms with Crippen LogP contribution in [-0.4, -0.2) is 40.1 Å². The highest BCUT2D eigenvalue weighted by Crippen LogP contribution is 2.25. The summed E-state index contributed by atoms with van der Waals surface area (Å²) in [7, 11) is 0. The third-order valence-electron chi connectivity index (χ3n) is 2.72. The van der Waals surface area contributed by atoms with Crippen molar-refractivity contribution in [3.63, 3.8) is 0 Å². The first-order chi connectivity index (χ1) is 7.56. The molecule has 4 unspecified atom stereocenters. The number of hydrogen-bond acceptors (Lipinski definition) is 2. The molecule has 0 aromatic carbocycles. The fourth-order valence-electron chi connectivity index (χ4n) is 2.02. The average Bonchev–Trinajstić information content (AvgIpc) is 2.23. The Bertz CT molecular complexity index is 196. The predicted octanol–water partition coefficient (Wildman–Crippen LogP) is 3.61. The molecule has 1 heterocycles. The maximum atomic E-state index is 6.03. The largest absolute Gasteiger partial charge is 0.375 e. The van der Waals surface area contributed by atoms with Crippen LogP contribution in [0.25, 0.3) is 0 Å². The van der Waals surface area contributed by atoms with Gasteiger partial charge in [-0.3, -0.25) is 0 Å². The van der Waals surface area contributed by atoms with Gasteiger partial charge in [0.2, 0.25) is 0 Å². The number of halogens is 3. The van der Waals surface area contributed by atoms with Crippen LogP contribution in [0.5, 0.6) is 0 Å². The summed E-state index contributed by atoms with van der Waals surface area (Å²) in [5.41, 5.74) is 0. The molecule has 0 aromatic heterocycles. The summed E-state index contributed by atoms with van der Waals surface area (Å²) >= 11 is 14.0. The summed E-state index contributed by atoms with van der Waals surface area (Å²) < 4.78 is 12.0. The minimum atomic E-state index is 0.0438. The molecule has 1 aliphatic heterocycles. The zero-order chi connectivity index (χ0) is 12.1. The first-order valence-electron chi connectivity index (χ1n) is 5.63. The summed E-state index contributed by atoms with van der Waals surface area (Å²) in [6.07, 6.45) is 2.74. The molecule has 0 aromatic rings. The summed E-state index contributed by atoms with van der Waals surface area (Å²) in [5, 5.41) is 0. The smallest absolute Gasteiger partial charge is 0.0843 e. The molecule has 0 aliphatic carbocycles. The second-order valence-corrected chi connectivity index (χ2v) is 6.57. The fraction of sp³-hybridized carbons (Fsp3) is 1.00. The van der Waals surface area contributed by atoms with E-state index in [1.165, 1.54) is 0 Å². The van der Waals surface area contributed by atoms with E-state index in [4.69, 9.17) is 32.7 Å². The highest BCUT2D eigenvalue weighted by atomic mass is 127. The van der Waals surface area contributed by atoms with Crippen molar-refractivity contribution in [1.29, 1.82) is 0 Å². The second-order valence-electron chi connectivity index (χ2n) is 4.35. The minimum absolute atomic E-state index is 0.0438. The maximum absolute atomic E-state index is 6.03. The molecule has 1 fully saturated rings. The van der Waals surface area contributed by atoms with Crippen molar-refractivity contribution in [1.82, 2.24) is 0 Å². The maximum Gasteiger partial charge on any atom is 0.0843 e. The van der Waals surface area contributed by atoms with E-state index < -0.39 is 0 Å². The lowest BCUT2D eigenvalue weighted by Crippen LogP contribution is -2.39. The number of ether oxygens (including phenoxy) is 2. The van der Waals surface area contributed by atoms with Crippen molar-refractivity contribution in [2.45, 2.75) is 55.0 Å². The van der Waals surface area contributed by atoms with Gasteiger partial charge in [-0.05, 0) is 26.7 Å². The van der Waals surface area contributed by atoms with Gasteiger partial charge in [0.25, 0.3) is 0 Å². The number of hydrogen-bond donors (Lipinski definition) is 0. The molecule has 1 rings (SSSR count). The third-order valence-corrected chi connectivity index (χ3v) is 5.12. The molecule has 4 atom stereocenters. The quantitative estimate of drug-likeness (QED) is 0.535. The van der Waals surface area contributed by atoms with Crippen LogP contribution >= 0.6 is 45.8 Å². The Morgan fingerprint density at radius 3 is 2.25 bits per heavy atom. The van der Waals surface area contributed by atoms with Crippen molar-refractivity contribution < 1.29 is 9.47 Å². The molecule has 0 N–H and O–H groups in total. The van der Waals surface area contributed by atoms with Crippen LogP contribution in [0.1, 0.15) is 26.7 Å². The minimum Gasteiger partial charge on any atom is -0.375 e. The van der Waals surface area contributed by atoms with E-state index in [2.05, 4.69) is 36.4 Å². The second kappa shape index (κ2) is 7.62. The first-order valence-corrected chi connectivity index (χ1v) is 7.95. The molecule has 96 valence electrons. The lowest BCUT2D eigenvalue weighted by Gasteiger charge is -2.34. The first kappa shape index (κ1) is 15.3. The van der Waals surface area contributed by atoms with Crippen LogP contribution in [-0.2, 0) is 9.47 Å². The Balaban J connectivity index is 2.44. The summed E-state index contributed by atoms with van der Waals surface area (Å²) in [6, 6.07) is 0. The molecule has 0 saturated carbocycles. The normalized spacial score (nSPS) is 34.7. The summed E-state index contributed by atoms with van der Waals surface area (Å²) in [4.78, 5) is 0. The molecule has 0 spiro atoms. The van der Waals surface area contributed by atoms with Gasteiger partial charge in [-0.2, -0.15) is 0 Å². The van der Waals surface area contributed by atoms with Gasteiger partial charge in [0, 0.05) is 11.8 Å². The zero-order valence-electron chi connectivity index (χ0n) is 9.67. The highest BCUT2D eigenvalue weighted by Gasteiger charge is 2.29. The lowest BCUT2D eigenvalue weighted by atomic mass is 10.0. The van der Waals surface area contributed by atoms with Crippen molar-refractivity contribution in [2.24, 2.45) is 0 Å². The summed E-state index contributed by atoms with van der Waals surface area (Å²) in [5.74, 6) is 1.08. The SMILES string of the molecule is CC1CC(OC(CCl)C(I)CCl)CC(C)O1. The molecule has 16 heavy (non-hydrogen) atoms. The van der Waals surface area contributed by atoms with E-state index in [0.29, 0.717) is 11.8 Å². The molecular formula is C11H19Cl2IO2. The molecule has 0 bridgehead atoms. The molecule has 2 nitrogen and oxygen atoms in total. The van der Waals surface area contributed by atoms with Crippen LogP contribution < -0.4 is 0 Å². The van der Waals surface area contributed by atoms with E-state index in [9.17, 15) is 0 Å². The molecule has 0 radical (unpaired) electrons. The lowest BCUT2D eigenvalue weighted by molar-refractivity contribution is -0.116. The Hall–Kier alpha value is 1.23. The molecule has 1 saturated heterocycles. The Kier molecular flexibility index (Phi) is 7.28. The van der Waals surface area contributed by atoms with E-state index in [1.807, 2.05) is 0 Å². The van der Waals surface area contributed by atoms with Crippen LogP contribution in [0, 0.1) is 0 Å². The van der Waals surface area contributed by atoms with Gasteiger partial charge >= 0.3 is 0 Å². The monoisotopic (exact) mass is 380 g/mol. The molecular weight excluding hydrogens is 362 g/mol.